The minimum Gasteiger partial charge on any atom is -0.314 e. The molecule has 1 aliphatic rings. The molecular weight excluding hydrogens is 454 g/mol. The number of hydrogen-bond donors (Lipinski definition) is 1. The van der Waals surface area contributed by atoms with Crippen molar-refractivity contribution in [3.63, 3.8) is 0 Å². The van der Waals surface area contributed by atoms with Crippen molar-refractivity contribution in [2.24, 2.45) is 4.99 Å². The average Bonchev–Trinajstić information content (AvgIpc) is 3.65. The van der Waals surface area contributed by atoms with Crippen LogP contribution in [-0.2, 0) is 18.4 Å². The van der Waals surface area contributed by atoms with Crippen LogP contribution in [0.4, 0.5) is 0 Å². The minimum absolute atomic E-state index is 0.0833. The largest absolute Gasteiger partial charge is 0.335 e. The summed E-state index contributed by atoms with van der Waals surface area (Å²) < 4.78 is 5.63. The first kappa shape index (κ1) is 23.7. The number of aliphatic imine (C=N–C) groups is 1. The van der Waals surface area contributed by atoms with Crippen molar-refractivity contribution in [1.29, 1.82) is 0 Å². The molecule has 1 aromatic carbocycles. The van der Waals surface area contributed by atoms with E-state index < -0.39 is 5.41 Å². The average molecular weight is 486 g/mol. The predicted octanol–water partition coefficient (Wildman–Crippen LogP) is 3.87. The smallest absolute Gasteiger partial charge is 0.314 e. The molecule has 0 fully saturated rings. The Bertz CT molecular complexity index is 1440. The summed E-state index contributed by atoms with van der Waals surface area (Å²) in [5.41, 5.74) is 2.44. The van der Waals surface area contributed by atoms with Crippen molar-refractivity contribution in [1.82, 2.24) is 39.3 Å². The molecule has 1 N–H and O–H groups in total. The van der Waals surface area contributed by atoms with Gasteiger partial charge in [0.2, 0.25) is 5.95 Å². The molecule has 4 aromatic rings. The number of H-pyrrole nitrogens is 1. The molecule has 0 saturated carbocycles. The molecule has 0 bridgehead atoms. The molecular formula is C26H31N9O. The number of nitrogens with zero attached hydrogens (tertiary/aromatic N) is 8. The van der Waals surface area contributed by atoms with Gasteiger partial charge in [0, 0.05) is 60.3 Å². The number of nitrogens with one attached hydrogen (secondary N) is 1. The molecule has 1 unspecified atom stereocenters. The van der Waals surface area contributed by atoms with E-state index in [9.17, 15) is 4.79 Å². The van der Waals surface area contributed by atoms with Crippen LogP contribution in [0.2, 0.25) is 0 Å². The Labute approximate surface area is 209 Å². The van der Waals surface area contributed by atoms with E-state index in [2.05, 4.69) is 69.6 Å². The minimum atomic E-state index is -0.449. The van der Waals surface area contributed by atoms with E-state index in [-0.39, 0.29) is 11.7 Å². The van der Waals surface area contributed by atoms with Gasteiger partial charge >= 0.3 is 5.69 Å². The van der Waals surface area contributed by atoms with Crippen molar-refractivity contribution in [2.75, 3.05) is 0 Å². The summed E-state index contributed by atoms with van der Waals surface area (Å²) in [5, 5.41) is 14.3. The number of benzene rings is 1. The van der Waals surface area contributed by atoms with E-state index in [1.165, 1.54) is 0 Å². The molecule has 0 spiro atoms. The lowest BCUT2D eigenvalue weighted by Crippen LogP contribution is -2.37. The Morgan fingerprint density at radius 3 is 2.86 bits per heavy atom. The van der Waals surface area contributed by atoms with E-state index in [4.69, 9.17) is 0 Å². The van der Waals surface area contributed by atoms with Gasteiger partial charge in [-0.15, -0.1) is 5.10 Å². The molecule has 4 heterocycles. The summed E-state index contributed by atoms with van der Waals surface area (Å²) in [4.78, 5) is 22.8. The number of unbranched alkanes of at least 4 members (excludes halogenated alkanes) is 1. The lowest BCUT2D eigenvalue weighted by atomic mass is 9.76. The highest BCUT2D eigenvalue weighted by Gasteiger charge is 2.33. The monoisotopic (exact) mass is 485 g/mol. The maximum absolute atomic E-state index is 13.9. The molecule has 1 atom stereocenters. The second kappa shape index (κ2) is 9.88. The fraction of sp³-hybridized carbons (Fsp3) is 0.385. The Balaban J connectivity index is 1.61. The fourth-order valence-electron chi connectivity index (χ4n) is 4.78. The number of imidazole rings is 2. The van der Waals surface area contributed by atoms with Crippen LogP contribution >= 0.6 is 0 Å². The van der Waals surface area contributed by atoms with Crippen molar-refractivity contribution in [2.45, 2.75) is 64.5 Å². The molecule has 10 nitrogen and oxygen atoms in total. The summed E-state index contributed by atoms with van der Waals surface area (Å²) in [6.45, 7) is 6.82. The van der Waals surface area contributed by atoms with E-state index in [0.29, 0.717) is 24.7 Å². The van der Waals surface area contributed by atoms with Crippen LogP contribution in [0.15, 0.2) is 64.9 Å². The van der Waals surface area contributed by atoms with Crippen LogP contribution in [0.25, 0.3) is 17.3 Å². The maximum Gasteiger partial charge on any atom is 0.335 e. The van der Waals surface area contributed by atoms with Gasteiger partial charge in [-0.25, -0.2) is 19.4 Å². The van der Waals surface area contributed by atoms with Crippen molar-refractivity contribution in [3.8, 4) is 17.3 Å². The summed E-state index contributed by atoms with van der Waals surface area (Å²) >= 11 is 0. The summed E-state index contributed by atoms with van der Waals surface area (Å²) in [5.74, 6) is 1.24. The number of tetrazole rings is 1. The number of allylic oxidation sites excluding steroid dienone is 1. The van der Waals surface area contributed by atoms with Gasteiger partial charge in [-0.2, -0.15) is 0 Å². The van der Waals surface area contributed by atoms with Crippen LogP contribution in [0.1, 0.15) is 57.3 Å². The normalized spacial score (nSPS) is 17.3. The third kappa shape index (κ3) is 4.34. The molecule has 0 saturated heterocycles. The van der Waals surface area contributed by atoms with Gasteiger partial charge in [0.1, 0.15) is 0 Å². The zero-order chi connectivity index (χ0) is 25.1. The van der Waals surface area contributed by atoms with Crippen LogP contribution in [-0.4, -0.2) is 45.5 Å². The number of aromatic amines is 1. The molecule has 3 aromatic heterocycles. The Hall–Kier alpha value is -4.08. The topological polar surface area (TPSA) is 112 Å². The third-order valence-electron chi connectivity index (χ3n) is 6.81. The van der Waals surface area contributed by atoms with Gasteiger partial charge < -0.3 is 4.57 Å². The Kier molecular flexibility index (Phi) is 6.49. The molecule has 5 rings (SSSR count). The molecule has 36 heavy (non-hydrogen) atoms. The molecule has 10 heteroatoms. The van der Waals surface area contributed by atoms with Crippen LogP contribution in [0.3, 0.4) is 0 Å². The first-order valence-corrected chi connectivity index (χ1v) is 12.4. The Morgan fingerprint density at radius 1 is 1.25 bits per heavy atom. The van der Waals surface area contributed by atoms with Crippen molar-refractivity contribution < 1.29 is 0 Å². The highest BCUT2D eigenvalue weighted by atomic mass is 16.1. The summed E-state index contributed by atoms with van der Waals surface area (Å²) in [7, 11) is 0. The van der Waals surface area contributed by atoms with Gasteiger partial charge in [0.15, 0.2) is 5.82 Å². The molecule has 0 radical (unpaired) electrons. The molecule has 0 aliphatic carbocycles. The second-order valence-electron chi connectivity index (χ2n) is 9.53. The zero-order valence-electron chi connectivity index (χ0n) is 20.9. The second-order valence-corrected chi connectivity index (χ2v) is 9.53. The van der Waals surface area contributed by atoms with Crippen LogP contribution in [0, 0.1) is 0 Å². The van der Waals surface area contributed by atoms with Gasteiger partial charge in [0.25, 0.3) is 0 Å². The first-order chi connectivity index (χ1) is 17.5. The van der Waals surface area contributed by atoms with Gasteiger partial charge in [-0.05, 0) is 55.2 Å². The van der Waals surface area contributed by atoms with Crippen molar-refractivity contribution in [3.05, 3.63) is 76.9 Å². The first-order valence-electron chi connectivity index (χ1n) is 12.4. The third-order valence-corrected chi connectivity index (χ3v) is 6.81. The summed E-state index contributed by atoms with van der Waals surface area (Å²) in [6.07, 6.45) is 15.0. The van der Waals surface area contributed by atoms with Gasteiger partial charge in [-0.3, -0.25) is 9.56 Å². The molecule has 1 aliphatic heterocycles. The van der Waals surface area contributed by atoms with E-state index in [1.807, 2.05) is 46.1 Å². The van der Waals surface area contributed by atoms with E-state index in [1.54, 1.807) is 10.8 Å². The Morgan fingerprint density at radius 2 is 2.14 bits per heavy atom. The van der Waals surface area contributed by atoms with Crippen molar-refractivity contribution >= 4 is 6.21 Å². The van der Waals surface area contributed by atoms with E-state index >= 15 is 0 Å². The SMILES string of the molecule is CCCCc1cn(-c2nccn2C(C)C)c(=O)n1CC1(c2cccc(-c3nnn[nH]3)c2)C=CN=CC1. The fourth-order valence-corrected chi connectivity index (χ4v) is 4.78. The standard InChI is InChI=1S/C26H31N9O/c1-4-5-9-22-17-34(24-28-14-15-33(24)19(2)3)25(36)35(22)18-26(10-12-27-13-11-26)21-8-6-7-20(16-21)23-29-31-32-30-23/h6-8,10,12-17,19H,4-5,9,11,18H2,1-3H3,(H,29,30,31,32). The van der Waals surface area contributed by atoms with Gasteiger partial charge in [0.05, 0.1) is 0 Å². The zero-order valence-corrected chi connectivity index (χ0v) is 20.9. The number of rotatable bonds is 9. The lowest BCUT2D eigenvalue weighted by Gasteiger charge is -2.32. The molecule has 0 amide bonds. The van der Waals surface area contributed by atoms with Crippen LogP contribution in [0.5, 0.6) is 0 Å². The lowest BCUT2D eigenvalue weighted by molar-refractivity contribution is 0.437. The number of aromatic nitrogens is 8. The maximum atomic E-state index is 13.9. The van der Waals surface area contributed by atoms with E-state index in [0.717, 1.165) is 36.1 Å². The van der Waals surface area contributed by atoms with Crippen LogP contribution < -0.4 is 5.69 Å². The number of hydrogen-bond acceptors (Lipinski definition) is 6. The number of aryl methyl sites for hydroxylation is 1. The predicted molar refractivity (Wildman–Crippen MR) is 138 cm³/mol. The summed E-state index contributed by atoms with van der Waals surface area (Å²) in [6, 6.07) is 8.34. The quantitative estimate of drug-likeness (QED) is 0.387. The highest BCUT2D eigenvalue weighted by molar-refractivity contribution is 5.65. The molecule has 186 valence electrons. The highest BCUT2D eigenvalue weighted by Crippen LogP contribution is 2.35. The van der Waals surface area contributed by atoms with Gasteiger partial charge in [-0.1, -0.05) is 37.6 Å².